The molecule has 0 saturated heterocycles. The molecule has 2 aromatic carbocycles. The Morgan fingerprint density at radius 1 is 1.16 bits per heavy atom. The monoisotopic (exact) mass is 260 g/mol. The van der Waals surface area contributed by atoms with Crippen LogP contribution in [0.1, 0.15) is 22.8 Å². The predicted molar refractivity (Wildman–Crippen MR) is 72.2 cm³/mol. The van der Waals surface area contributed by atoms with Crippen molar-refractivity contribution < 1.29 is 14.2 Å². The van der Waals surface area contributed by atoms with Crippen LogP contribution in [0.5, 0.6) is 0 Å². The van der Waals surface area contributed by atoms with Gasteiger partial charge in [-0.25, -0.2) is 4.39 Å². The summed E-state index contributed by atoms with van der Waals surface area (Å²) in [4.78, 5) is 0. The van der Waals surface area contributed by atoms with Crippen molar-refractivity contribution in [2.45, 2.75) is 19.1 Å². The molecular weight excluding hydrogens is 243 g/mol. The molecule has 0 fully saturated rings. The highest BCUT2D eigenvalue weighted by molar-refractivity contribution is 5.27. The van der Waals surface area contributed by atoms with E-state index in [0.29, 0.717) is 12.2 Å². The molecular formula is C16H17FO2. The highest BCUT2D eigenvalue weighted by Crippen LogP contribution is 2.21. The van der Waals surface area contributed by atoms with Crippen LogP contribution in [0.3, 0.4) is 0 Å². The largest absolute Gasteiger partial charge is 0.388 e. The molecule has 0 aliphatic rings. The van der Waals surface area contributed by atoms with Gasteiger partial charge in [-0.05, 0) is 22.8 Å². The highest BCUT2D eigenvalue weighted by atomic mass is 19.1. The van der Waals surface area contributed by atoms with E-state index in [1.165, 1.54) is 6.07 Å². The maximum absolute atomic E-state index is 13.5. The standard InChI is InChI=1S/C16H17FO2/c1-19-11-12-5-4-7-14(9-12)16(18)10-13-6-2-3-8-15(13)17/h2-9,16,18H,10-11H2,1H3. The summed E-state index contributed by atoms with van der Waals surface area (Å²) in [6, 6.07) is 14.0. The second-order valence-corrected chi connectivity index (χ2v) is 4.49. The van der Waals surface area contributed by atoms with Gasteiger partial charge in [0.1, 0.15) is 5.82 Å². The molecule has 0 aromatic heterocycles. The summed E-state index contributed by atoms with van der Waals surface area (Å²) >= 11 is 0. The molecule has 0 aliphatic carbocycles. The van der Waals surface area contributed by atoms with E-state index in [1.807, 2.05) is 24.3 Å². The van der Waals surface area contributed by atoms with E-state index in [1.54, 1.807) is 25.3 Å². The molecule has 0 spiro atoms. The second kappa shape index (κ2) is 6.45. The molecule has 2 rings (SSSR count). The SMILES string of the molecule is COCc1cccc(C(O)Cc2ccccc2F)c1. The Hall–Kier alpha value is -1.71. The fourth-order valence-corrected chi connectivity index (χ4v) is 2.05. The third-order valence-corrected chi connectivity index (χ3v) is 3.02. The third kappa shape index (κ3) is 3.63. The maximum Gasteiger partial charge on any atom is 0.126 e. The van der Waals surface area contributed by atoms with Crippen LogP contribution < -0.4 is 0 Å². The number of rotatable bonds is 5. The molecule has 100 valence electrons. The number of aliphatic hydroxyl groups excluding tert-OH is 1. The summed E-state index contributed by atoms with van der Waals surface area (Å²) < 4.78 is 18.6. The van der Waals surface area contributed by atoms with E-state index >= 15 is 0 Å². The van der Waals surface area contributed by atoms with Crippen LogP contribution >= 0.6 is 0 Å². The lowest BCUT2D eigenvalue weighted by Gasteiger charge is -2.13. The first-order valence-electron chi connectivity index (χ1n) is 6.20. The van der Waals surface area contributed by atoms with Crippen LogP contribution in [-0.4, -0.2) is 12.2 Å². The minimum atomic E-state index is -0.714. The maximum atomic E-state index is 13.5. The van der Waals surface area contributed by atoms with E-state index in [-0.39, 0.29) is 12.2 Å². The number of hydrogen-bond donors (Lipinski definition) is 1. The van der Waals surface area contributed by atoms with Gasteiger partial charge in [-0.15, -0.1) is 0 Å². The first-order chi connectivity index (χ1) is 9.20. The molecule has 1 unspecified atom stereocenters. The molecule has 1 N–H and O–H groups in total. The van der Waals surface area contributed by atoms with Crippen molar-refractivity contribution >= 4 is 0 Å². The molecule has 0 radical (unpaired) electrons. The molecule has 2 aromatic rings. The first-order valence-corrected chi connectivity index (χ1v) is 6.20. The van der Waals surface area contributed by atoms with Gasteiger partial charge in [0.25, 0.3) is 0 Å². The predicted octanol–water partition coefficient (Wildman–Crippen LogP) is 3.25. The number of halogens is 1. The average Bonchev–Trinajstić information content (AvgIpc) is 2.42. The van der Waals surface area contributed by atoms with Crippen molar-refractivity contribution in [2.75, 3.05) is 7.11 Å². The fraction of sp³-hybridized carbons (Fsp3) is 0.250. The lowest BCUT2D eigenvalue weighted by atomic mass is 9.99. The van der Waals surface area contributed by atoms with E-state index in [2.05, 4.69) is 0 Å². The van der Waals surface area contributed by atoms with Gasteiger partial charge in [0.2, 0.25) is 0 Å². The molecule has 19 heavy (non-hydrogen) atoms. The topological polar surface area (TPSA) is 29.5 Å². The number of benzene rings is 2. The summed E-state index contributed by atoms with van der Waals surface area (Å²) in [5.74, 6) is -0.283. The zero-order valence-corrected chi connectivity index (χ0v) is 10.8. The van der Waals surface area contributed by atoms with Gasteiger partial charge >= 0.3 is 0 Å². The van der Waals surface area contributed by atoms with Crippen molar-refractivity contribution in [1.82, 2.24) is 0 Å². The van der Waals surface area contributed by atoms with Gasteiger partial charge in [0.15, 0.2) is 0 Å². The van der Waals surface area contributed by atoms with E-state index in [9.17, 15) is 9.50 Å². The van der Waals surface area contributed by atoms with E-state index < -0.39 is 6.10 Å². The van der Waals surface area contributed by atoms with Crippen LogP contribution in [0.25, 0.3) is 0 Å². The fourth-order valence-electron chi connectivity index (χ4n) is 2.05. The average molecular weight is 260 g/mol. The van der Waals surface area contributed by atoms with Crippen molar-refractivity contribution in [3.05, 3.63) is 71.0 Å². The summed E-state index contributed by atoms with van der Waals surface area (Å²) in [6.07, 6.45) is -0.447. The van der Waals surface area contributed by atoms with Crippen LogP contribution in [0.2, 0.25) is 0 Å². The summed E-state index contributed by atoms with van der Waals surface area (Å²) in [7, 11) is 1.63. The molecule has 3 heteroatoms. The quantitative estimate of drug-likeness (QED) is 0.894. The van der Waals surface area contributed by atoms with Crippen LogP contribution in [0.4, 0.5) is 4.39 Å². The third-order valence-electron chi connectivity index (χ3n) is 3.02. The summed E-state index contributed by atoms with van der Waals surface area (Å²) in [6.45, 7) is 0.500. The molecule has 0 saturated carbocycles. The molecule has 0 amide bonds. The molecule has 0 heterocycles. The highest BCUT2D eigenvalue weighted by Gasteiger charge is 2.11. The van der Waals surface area contributed by atoms with Crippen molar-refractivity contribution in [3.8, 4) is 0 Å². The zero-order valence-electron chi connectivity index (χ0n) is 10.8. The van der Waals surface area contributed by atoms with Crippen LogP contribution in [0.15, 0.2) is 48.5 Å². The zero-order chi connectivity index (χ0) is 13.7. The second-order valence-electron chi connectivity index (χ2n) is 4.49. The number of aliphatic hydroxyl groups is 1. The Balaban J connectivity index is 2.13. The van der Waals surface area contributed by atoms with Gasteiger partial charge in [0.05, 0.1) is 12.7 Å². The molecule has 0 aliphatic heterocycles. The molecule has 1 atom stereocenters. The van der Waals surface area contributed by atoms with Crippen molar-refractivity contribution in [3.63, 3.8) is 0 Å². The molecule has 0 bridgehead atoms. The van der Waals surface area contributed by atoms with Gasteiger partial charge < -0.3 is 9.84 Å². The number of methoxy groups -OCH3 is 1. The Morgan fingerprint density at radius 2 is 1.95 bits per heavy atom. The van der Waals surface area contributed by atoms with Crippen molar-refractivity contribution in [1.29, 1.82) is 0 Å². The van der Waals surface area contributed by atoms with Gasteiger partial charge in [-0.3, -0.25) is 0 Å². The number of hydrogen-bond acceptors (Lipinski definition) is 2. The van der Waals surface area contributed by atoms with Gasteiger partial charge in [-0.1, -0.05) is 42.5 Å². The van der Waals surface area contributed by atoms with Crippen LogP contribution in [-0.2, 0) is 17.8 Å². The Kier molecular flexibility index (Phi) is 4.66. The number of ether oxygens (including phenoxy) is 1. The van der Waals surface area contributed by atoms with E-state index in [4.69, 9.17) is 4.74 Å². The lowest BCUT2D eigenvalue weighted by Crippen LogP contribution is -2.04. The first kappa shape index (κ1) is 13.7. The molecule has 2 nitrogen and oxygen atoms in total. The minimum absolute atomic E-state index is 0.267. The van der Waals surface area contributed by atoms with Gasteiger partial charge in [-0.2, -0.15) is 0 Å². The summed E-state index contributed by atoms with van der Waals surface area (Å²) in [5.41, 5.74) is 2.29. The van der Waals surface area contributed by atoms with Crippen LogP contribution in [0, 0.1) is 5.82 Å². The Bertz CT molecular complexity index is 540. The summed E-state index contributed by atoms with van der Waals surface area (Å²) in [5, 5.41) is 10.2. The smallest absolute Gasteiger partial charge is 0.126 e. The lowest BCUT2D eigenvalue weighted by molar-refractivity contribution is 0.174. The minimum Gasteiger partial charge on any atom is -0.388 e. The van der Waals surface area contributed by atoms with Crippen molar-refractivity contribution in [2.24, 2.45) is 0 Å². The van der Waals surface area contributed by atoms with E-state index in [0.717, 1.165) is 11.1 Å². The normalized spacial score (nSPS) is 12.4. The Morgan fingerprint density at radius 3 is 2.68 bits per heavy atom. The van der Waals surface area contributed by atoms with Gasteiger partial charge in [0, 0.05) is 13.5 Å². The Labute approximate surface area is 112 Å².